The molecule has 1 aromatic heterocycles. The van der Waals surface area contributed by atoms with Gasteiger partial charge in [-0.2, -0.15) is 0 Å². The molecule has 1 amide bonds. The van der Waals surface area contributed by atoms with Gasteiger partial charge in [-0.25, -0.2) is 0 Å². The van der Waals surface area contributed by atoms with E-state index in [-0.39, 0.29) is 11.8 Å². The number of amides is 1. The molecule has 1 fully saturated rings. The molecule has 0 N–H and O–H groups in total. The number of hydrogen-bond donors (Lipinski definition) is 0. The Morgan fingerprint density at radius 2 is 1.68 bits per heavy atom. The van der Waals surface area contributed by atoms with E-state index in [1.807, 2.05) is 6.07 Å². The number of aryl methyl sites for hydroxylation is 2. The van der Waals surface area contributed by atoms with Gasteiger partial charge in [0.05, 0.1) is 0 Å². The third-order valence-electron chi connectivity index (χ3n) is 7.96. The van der Waals surface area contributed by atoms with Gasteiger partial charge in [-0.05, 0) is 48.7 Å². The number of carbonyl (C=O) groups is 1. The number of para-hydroxylation sites is 1. The van der Waals surface area contributed by atoms with Crippen LogP contribution in [0.5, 0.6) is 11.5 Å². The lowest BCUT2D eigenvalue weighted by atomic mass is 9.87. The Kier molecular flexibility index (Phi) is 6.81. The minimum absolute atomic E-state index is 0.0208. The second-order valence-electron chi connectivity index (χ2n) is 10.4. The van der Waals surface area contributed by atoms with Crippen LogP contribution in [-0.4, -0.2) is 53.2 Å². The molecule has 196 valence electrons. The lowest BCUT2D eigenvalue weighted by Gasteiger charge is -2.35. The zero-order chi connectivity index (χ0) is 26.1. The zero-order valence-corrected chi connectivity index (χ0v) is 22.2. The average molecular weight is 510 g/mol. The highest BCUT2D eigenvalue weighted by Gasteiger charge is 2.27. The van der Waals surface area contributed by atoms with E-state index in [9.17, 15) is 4.79 Å². The molecule has 3 heterocycles. The molecule has 3 aromatic carbocycles. The minimum atomic E-state index is 0.0208. The summed E-state index contributed by atoms with van der Waals surface area (Å²) in [5.41, 5.74) is 6.10. The number of rotatable bonds is 7. The van der Waals surface area contributed by atoms with Crippen LogP contribution in [0.1, 0.15) is 41.5 Å². The van der Waals surface area contributed by atoms with Crippen molar-refractivity contribution in [1.82, 2.24) is 14.4 Å². The second kappa shape index (κ2) is 10.5. The van der Waals surface area contributed by atoms with E-state index in [0.29, 0.717) is 13.2 Å². The van der Waals surface area contributed by atoms with Crippen LogP contribution in [0.2, 0.25) is 0 Å². The number of nitrogens with zero attached hydrogens (tertiary/aromatic N) is 3. The summed E-state index contributed by atoms with van der Waals surface area (Å²) >= 11 is 0. The number of fused-ring (bicyclic) bond motifs is 2. The van der Waals surface area contributed by atoms with Gasteiger partial charge in [-0.3, -0.25) is 9.69 Å². The first-order valence-electron chi connectivity index (χ1n) is 13.6. The fraction of sp³-hybridized carbons (Fsp3) is 0.344. The van der Waals surface area contributed by atoms with Crippen LogP contribution >= 0.6 is 0 Å². The van der Waals surface area contributed by atoms with Crippen molar-refractivity contribution in [3.63, 3.8) is 0 Å². The molecule has 1 saturated heterocycles. The van der Waals surface area contributed by atoms with Crippen LogP contribution in [0.25, 0.3) is 10.9 Å². The Morgan fingerprint density at radius 3 is 2.47 bits per heavy atom. The molecular formula is C32H35N3O3. The highest BCUT2D eigenvalue weighted by atomic mass is 16.7. The van der Waals surface area contributed by atoms with Crippen LogP contribution in [0.3, 0.4) is 0 Å². The second-order valence-corrected chi connectivity index (χ2v) is 10.4. The van der Waals surface area contributed by atoms with Gasteiger partial charge in [0.1, 0.15) is 0 Å². The molecule has 6 heteroatoms. The van der Waals surface area contributed by atoms with Gasteiger partial charge in [-0.1, -0.05) is 54.1 Å². The Labute approximate surface area is 224 Å². The van der Waals surface area contributed by atoms with Gasteiger partial charge >= 0.3 is 0 Å². The normalized spacial score (nSPS) is 16.2. The SMILES string of the molecule is CCn1cc(C(CC(=O)N2CCN(Cc3ccc4c(c3)OCO4)CC2)c2ccc(C)cc2)c2ccccc21. The van der Waals surface area contributed by atoms with Crippen molar-refractivity contribution in [3.8, 4) is 11.5 Å². The number of piperazine rings is 1. The lowest BCUT2D eigenvalue weighted by molar-refractivity contribution is -0.133. The highest BCUT2D eigenvalue weighted by molar-refractivity contribution is 5.86. The molecule has 1 atom stereocenters. The summed E-state index contributed by atoms with van der Waals surface area (Å²) in [6.45, 7) is 9.56. The topological polar surface area (TPSA) is 46.9 Å². The van der Waals surface area contributed by atoms with E-state index in [4.69, 9.17) is 9.47 Å². The van der Waals surface area contributed by atoms with E-state index in [1.165, 1.54) is 33.2 Å². The number of ether oxygens (including phenoxy) is 2. The predicted octanol–water partition coefficient (Wildman–Crippen LogP) is 5.56. The van der Waals surface area contributed by atoms with E-state index in [2.05, 4.69) is 95.1 Å². The van der Waals surface area contributed by atoms with Crippen LogP contribution in [0.15, 0.2) is 72.9 Å². The van der Waals surface area contributed by atoms with Gasteiger partial charge < -0.3 is 18.9 Å². The van der Waals surface area contributed by atoms with Gasteiger partial charge in [0.2, 0.25) is 12.7 Å². The first kappa shape index (κ1) is 24.6. The number of carbonyl (C=O) groups excluding carboxylic acids is 1. The summed E-state index contributed by atoms with van der Waals surface area (Å²) < 4.78 is 13.3. The van der Waals surface area contributed by atoms with Crippen molar-refractivity contribution in [1.29, 1.82) is 0 Å². The van der Waals surface area contributed by atoms with Crippen molar-refractivity contribution in [2.45, 2.75) is 39.3 Å². The van der Waals surface area contributed by atoms with Crippen molar-refractivity contribution in [2.24, 2.45) is 0 Å². The number of hydrogen-bond acceptors (Lipinski definition) is 4. The molecule has 0 radical (unpaired) electrons. The molecule has 0 bridgehead atoms. The van der Waals surface area contributed by atoms with Gasteiger partial charge in [-0.15, -0.1) is 0 Å². The van der Waals surface area contributed by atoms with Crippen LogP contribution in [0.4, 0.5) is 0 Å². The van der Waals surface area contributed by atoms with Gasteiger partial charge in [0.25, 0.3) is 0 Å². The fourth-order valence-corrected chi connectivity index (χ4v) is 5.78. The summed E-state index contributed by atoms with van der Waals surface area (Å²) in [6.07, 6.45) is 2.73. The first-order valence-corrected chi connectivity index (χ1v) is 13.6. The number of aromatic nitrogens is 1. The van der Waals surface area contributed by atoms with E-state index >= 15 is 0 Å². The summed E-state index contributed by atoms with van der Waals surface area (Å²) in [7, 11) is 0. The summed E-state index contributed by atoms with van der Waals surface area (Å²) in [6, 6.07) is 23.4. The predicted molar refractivity (Wildman–Crippen MR) is 150 cm³/mol. The maximum atomic E-state index is 13.7. The number of benzene rings is 3. The van der Waals surface area contributed by atoms with E-state index in [0.717, 1.165) is 50.8 Å². The summed E-state index contributed by atoms with van der Waals surface area (Å²) in [4.78, 5) is 18.2. The highest BCUT2D eigenvalue weighted by Crippen LogP contribution is 2.36. The zero-order valence-electron chi connectivity index (χ0n) is 22.2. The van der Waals surface area contributed by atoms with Crippen LogP contribution in [-0.2, 0) is 17.9 Å². The first-order chi connectivity index (χ1) is 18.6. The molecule has 2 aliphatic heterocycles. The molecule has 1 unspecified atom stereocenters. The van der Waals surface area contributed by atoms with Gasteiger partial charge in [0, 0.05) is 68.7 Å². The monoisotopic (exact) mass is 509 g/mol. The molecule has 6 nitrogen and oxygen atoms in total. The van der Waals surface area contributed by atoms with Crippen molar-refractivity contribution in [2.75, 3.05) is 33.0 Å². The molecular weight excluding hydrogens is 474 g/mol. The Morgan fingerprint density at radius 1 is 0.921 bits per heavy atom. The fourth-order valence-electron chi connectivity index (χ4n) is 5.78. The molecule has 38 heavy (non-hydrogen) atoms. The van der Waals surface area contributed by atoms with Crippen molar-refractivity contribution < 1.29 is 14.3 Å². The maximum Gasteiger partial charge on any atom is 0.231 e. The lowest BCUT2D eigenvalue weighted by Crippen LogP contribution is -2.48. The van der Waals surface area contributed by atoms with Crippen molar-refractivity contribution in [3.05, 3.63) is 95.2 Å². The molecule has 0 saturated carbocycles. The molecule has 6 rings (SSSR count). The van der Waals surface area contributed by atoms with Crippen molar-refractivity contribution >= 4 is 16.8 Å². The standard InChI is InChI=1S/C32H35N3O3/c1-3-34-21-28(26-6-4-5-7-29(26)34)27(25-11-8-23(2)9-12-25)19-32(36)35-16-14-33(15-17-35)20-24-10-13-30-31(18-24)38-22-37-30/h4-13,18,21,27H,3,14-17,19-20,22H2,1-2H3. The average Bonchev–Trinajstić information content (AvgIpc) is 3.57. The summed E-state index contributed by atoms with van der Waals surface area (Å²) in [5.74, 6) is 1.89. The van der Waals surface area contributed by atoms with E-state index in [1.54, 1.807) is 0 Å². The quantitative estimate of drug-likeness (QED) is 0.327. The molecule has 0 spiro atoms. The third kappa shape index (κ3) is 4.88. The third-order valence-corrected chi connectivity index (χ3v) is 7.96. The largest absolute Gasteiger partial charge is 0.454 e. The molecule has 0 aliphatic carbocycles. The molecule has 2 aliphatic rings. The Balaban J connectivity index is 1.17. The minimum Gasteiger partial charge on any atom is -0.454 e. The smallest absolute Gasteiger partial charge is 0.231 e. The molecule has 4 aromatic rings. The maximum absolute atomic E-state index is 13.7. The van der Waals surface area contributed by atoms with Gasteiger partial charge in [0.15, 0.2) is 11.5 Å². The van der Waals surface area contributed by atoms with Crippen LogP contribution in [0, 0.1) is 6.92 Å². The van der Waals surface area contributed by atoms with E-state index < -0.39 is 0 Å². The van der Waals surface area contributed by atoms with Crippen LogP contribution < -0.4 is 9.47 Å². The Hall–Kier alpha value is -3.77. The Bertz CT molecular complexity index is 1430. The summed E-state index contributed by atoms with van der Waals surface area (Å²) in [5, 5.41) is 1.24.